The molecule has 1 aromatic heterocycles. The molecule has 3 rings (SSSR count). The third-order valence-corrected chi connectivity index (χ3v) is 4.07. The van der Waals surface area contributed by atoms with Crippen LogP contribution in [0.15, 0.2) is 45.8 Å². The van der Waals surface area contributed by atoms with Crippen LogP contribution in [0.2, 0.25) is 0 Å². The number of carbonyl (C=O) groups is 1. The number of nitrogens with zero attached hydrogens (tertiary/aromatic N) is 3. The van der Waals surface area contributed by atoms with Crippen LogP contribution in [0.4, 0.5) is 11.4 Å². The third kappa shape index (κ3) is 2.64. The molecule has 0 atom stereocenters. The van der Waals surface area contributed by atoms with Crippen molar-refractivity contribution in [1.29, 1.82) is 0 Å². The molecule has 0 radical (unpaired) electrons. The quantitative estimate of drug-likeness (QED) is 0.835. The minimum Gasteiger partial charge on any atom is -0.478 e. The summed E-state index contributed by atoms with van der Waals surface area (Å²) in [5.41, 5.74) is 9.74. The first-order chi connectivity index (χ1) is 11.4. The summed E-state index contributed by atoms with van der Waals surface area (Å²) in [4.78, 5) is 17.8. The SMILES string of the molecule is CC1=C(C(=O)O)CC(c2nc(C)no2)=C(C)N1c1cccc(N)c1. The van der Waals surface area contributed by atoms with E-state index in [1.807, 2.05) is 24.0 Å². The van der Waals surface area contributed by atoms with Crippen LogP contribution in [0.25, 0.3) is 5.57 Å². The average Bonchev–Trinajstić information content (AvgIpc) is 2.93. The van der Waals surface area contributed by atoms with E-state index < -0.39 is 5.97 Å². The lowest BCUT2D eigenvalue weighted by Crippen LogP contribution is -2.27. The molecule has 7 nitrogen and oxygen atoms in total. The van der Waals surface area contributed by atoms with Crippen molar-refractivity contribution in [3.63, 3.8) is 0 Å². The maximum Gasteiger partial charge on any atom is 0.333 e. The second kappa shape index (κ2) is 5.84. The summed E-state index contributed by atoms with van der Waals surface area (Å²) < 4.78 is 5.26. The van der Waals surface area contributed by atoms with E-state index in [2.05, 4.69) is 10.1 Å². The molecule has 0 amide bonds. The van der Waals surface area contributed by atoms with Crippen molar-refractivity contribution >= 4 is 22.9 Å². The molecule has 0 spiro atoms. The smallest absolute Gasteiger partial charge is 0.333 e. The van der Waals surface area contributed by atoms with E-state index >= 15 is 0 Å². The van der Waals surface area contributed by atoms with Crippen molar-refractivity contribution < 1.29 is 14.4 Å². The summed E-state index contributed by atoms with van der Waals surface area (Å²) >= 11 is 0. The van der Waals surface area contributed by atoms with Crippen LogP contribution in [0.1, 0.15) is 32.0 Å². The first kappa shape index (κ1) is 15.8. The largest absolute Gasteiger partial charge is 0.478 e. The van der Waals surface area contributed by atoms with Gasteiger partial charge in [0, 0.05) is 34.8 Å². The molecule has 1 aromatic carbocycles. The van der Waals surface area contributed by atoms with Crippen molar-refractivity contribution in [3.05, 3.63) is 52.9 Å². The van der Waals surface area contributed by atoms with Crippen molar-refractivity contribution in [2.24, 2.45) is 0 Å². The highest BCUT2D eigenvalue weighted by Crippen LogP contribution is 2.38. The third-order valence-electron chi connectivity index (χ3n) is 4.07. The highest BCUT2D eigenvalue weighted by molar-refractivity contribution is 5.94. The van der Waals surface area contributed by atoms with E-state index in [4.69, 9.17) is 10.3 Å². The van der Waals surface area contributed by atoms with Crippen LogP contribution in [0, 0.1) is 6.92 Å². The molecule has 2 heterocycles. The molecule has 0 saturated carbocycles. The van der Waals surface area contributed by atoms with Gasteiger partial charge in [0.05, 0.1) is 5.57 Å². The molecule has 24 heavy (non-hydrogen) atoms. The molecule has 7 heteroatoms. The van der Waals surface area contributed by atoms with Crippen LogP contribution in [-0.2, 0) is 4.79 Å². The average molecular weight is 326 g/mol. The van der Waals surface area contributed by atoms with Crippen LogP contribution >= 0.6 is 0 Å². The normalized spacial score (nSPS) is 15.2. The number of allylic oxidation sites excluding steroid dienone is 3. The van der Waals surface area contributed by atoms with Crippen molar-refractivity contribution in [1.82, 2.24) is 10.1 Å². The Bertz CT molecular complexity index is 879. The summed E-state index contributed by atoms with van der Waals surface area (Å²) in [7, 11) is 0. The number of nitrogens with two attached hydrogens (primary N) is 1. The zero-order valence-corrected chi connectivity index (χ0v) is 13.7. The van der Waals surface area contributed by atoms with E-state index in [0.717, 1.165) is 11.4 Å². The molecule has 2 aromatic rings. The Morgan fingerprint density at radius 1 is 1.29 bits per heavy atom. The van der Waals surface area contributed by atoms with Gasteiger partial charge < -0.3 is 20.3 Å². The summed E-state index contributed by atoms with van der Waals surface area (Å²) in [6.07, 6.45) is 0.230. The molecular weight excluding hydrogens is 308 g/mol. The number of aromatic nitrogens is 2. The molecule has 124 valence electrons. The van der Waals surface area contributed by atoms with E-state index in [1.54, 1.807) is 26.0 Å². The fraction of sp³-hybridized carbons (Fsp3) is 0.235. The van der Waals surface area contributed by atoms with Crippen LogP contribution in [0.5, 0.6) is 0 Å². The van der Waals surface area contributed by atoms with E-state index in [1.165, 1.54) is 0 Å². The highest BCUT2D eigenvalue weighted by atomic mass is 16.5. The number of aliphatic carboxylic acids is 1. The Morgan fingerprint density at radius 2 is 2.04 bits per heavy atom. The highest BCUT2D eigenvalue weighted by Gasteiger charge is 2.30. The number of anilines is 2. The number of hydrogen-bond donors (Lipinski definition) is 2. The molecular formula is C17H18N4O3. The minimum absolute atomic E-state index is 0.230. The van der Waals surface area contributed by atoms with Gasteiger partial charge in [-0.25, -0.2) is 4.79 Å². The van der Waals surface area contributed by atoms with E-state index in [-0.39, 0.29) is 12.0 Å². The van der Waals surface area contributed by atoms with Crippen molar-refractivity contribution in [2.75, 3.05) is 10.6 Å². The first-order valence-corrected chi connectivity index (χ1v) is 7.47. The number of nitrogen functional groups attached to an aromatic ring is 1. The zero-order valence-electron chi connectivity index (χ0n) is 13.7. The van der Waals surface area contributed by atoms with E-state index in [9.17, 15) is 9.90 Å². The monoisotopic (exact) mass is 326 g/mol. The summed E-state index contributed by atoms with van der Waals surface area (Å²) in [5.74, 6) is -0.128. The number of carboxylic acid groups (broad SMARTS) is 1. The predicted molar refractivity (Wildman–Crippen MR) is 89.9 cm³/mol. The Balaban J connectivity index is 2.19. The molecule has 0 unspecified atom stereocenters. The summed E-state index contributed by atoms with van der Waals surface area (Å²) in [6, 6.07) is 7.29. The van der Waals surface area contributed by atoms with Crippen LogP contribution in [0.3, 0.4) is 0 Å². The molecule has 1 aliphatic heterocycles. The van der Waals surface area contributed by atoms with E-state index in [0.29, 0.717) is 28.7 Å². The standard InChI is InChI=1S/C17H18N4O3/c1-9-14(16-19-11(3)20-24-16)8-15(17(22)23)10(2)21(9)13-6-4-5-12(18)7-13/h4-7H,8,18H2,1-3H3,(H,22,23). The lowest BCUT2D eigenvalue weighted by Gasteiger charge is -2.33. The zero-order chi connectivity index (χ0) is 17.4. The number of benzene rings is 1. The van der Waals surface area contributed by atoms with Crippen LogP contribution < -0.4 is 10.6 Å². The maximum atomic E-state index is 11.7. The fourth-order valence-corrected chi connectivity index (χ4v) is 2.89. The topological polar surface area (TPSA) is 105 Å². The van der Waals surface area contributed by atoms with Gasteiger partial charge in [-0.3, -0.25) is 0 Å². The maximum absolute atomic E-state index is 11.7. The molecule has 0 bridgehead atoms. The number of carboxylic acids is 1. The van der Waals surface area contributed by atoms with Gasteiger partial charge in [0.1, 0.15) is 0 Å². The lowest BCUT2D eigenvalue weighted by molar-refractivity contribution is -0.132. The van der Waals surface area contributed by atoms with Crippen molar-refractivity contribution in [2.45, 2.75) is 27.2 Å². The second-order valence-corrected chi connectivity index (χ2v) is 5.69. The summed E-state index contributed by atoms with van der Waals surface area (Å²) in [6.45, 7) is 5.41. The molecule has 0 saturated heterocycles. The predicted octanol–water partition coefficient (Wildman–Crippen LogP) is 2.96. The van der Waals surface area contributed by atoms with Gasteiger partial charge in [-0.2, -0.15) is 4.98 Å². The van der Waals surface area contributed by atoms with Gasteiger partial charge in [-0.15, -0.1) is 0 Å². The second-order valence-electron chi connectivity index (χ2n) is 5.69. The van der Waals surface area contributed by atoms with Gasteiger partial charge in [0.2, 0.25) is 0 Å². The minimum atomic E-state index is -0.970. The van der Waals surface area contributed by atoms with Gasteiger partial charge in [-0.05, 0) is 39.0 Å². The Labute approximate surface area is 139 Å². The number of rotatable bonds is 3. The van der Waals surface area contributed by atoms with Gasteiger partial charge in [0.15, 0.2) is 5.82 Å². The van der Waals surface area contributed by atoms with Crippen molar-refractivity contribution in [3.8, 4) is 0 Å². The Morgan fingerprint density at radius 3 is 2.62 bits per heavy atom. The first-order valence-electron chi connectivity index (χ1n) is 7.47. The Hall–Kier alpha value is -3.09. The van der Waals surface area contributed by atoms with Gasteiger partial charge in [-0.1, -0.05) is 11.2 Å². The molecule has 1 aliphatic rings. The molecule has 0 fully saturated rings. The van der Waals surface area contributed by atoms with Gasteiger partial charge >= 0.3 is 5.97 Å². The fourth-order valence-electron chi connectivity index (χ4n) is 2.89. The Kier molecular flexibility index (Phi) is 3.84. The van der Waals surface area contributed by atoms with Gasteiger partial charge in [0.25, 0.3) is 5.89 Å². The number of hydrogen-bond acceptors (Lipinski definition) is 6. The number of aryl methyl sites for hydroxylation is 1. The molecule has 0 aliphatic carbocycles. The summed E-state index contributed by atoms with van der Waals surface area (Å²) in [5, 5.41) is 13.4. The lowest BCUT2D eigenvalue weighted by atomic mass is 9.95. The molecule has 3 N–H and O–H groups in total. The van der Waals surface area contributed by atoms with Crippen LogP contribution in [-0.4, -0.2) is 21.2 Å².